The van der Waals surface area contributed by atoms with Gasteiger partial charge in [0.05, 0.1) is 13.2 Å². The number of fused-ring (bicyclic) bond motifs is 1. The van der Waals surface area contributed by atoms with Crippen molar-refractivity contribution in [3.05, 3.63) is 89.5 Å². The van der Waals surface area contributed by atoms with Crippen LogP contribution in [0.25, 0.3) is 0 Å². The fourth-order valence-electron chi connectivity index (χ4n) is 4.87. The molecule has 1 fully saturated rings. The first kappa shape index (κ1) is 24.2. The Hall–Kier alpha value is -3.55. The summed E-state index contributed by atoms with van der Waals surface area (Å²) in [6, 6.07) is 24.4. The molecule has 0 aliphatic carbocycles. The molecule has 1 saturated heterocycles. The largest absolute Gasteiger partial charge is 0.497 e. The minimum atomic E-state index is -0.195. The van der Waals surface area contributed by atoms with Crippen LogP contribution in [0, 0.1) is 0 Å². The number of carbonyl (C=O) groups excluding carboxylic acids is 1. The van der Waals surface area contributed by atoms with Gasteiger partial charge >= 0.3 is 0 Å². The van der Waals surface area contributed by atoms with Crippen LogP contribution in [0.15, 0.2) is 72.8 Å². The van der Waals surface area contributed by atoms with E-state index >= 15 is 0 Å². The number of rotatable bonds is 10. The molecular weight excluding hydrogens is 454 g/mol. The number of ether oxygens (including phenoxy) is 3. The monoisotopic (exact) mass is 487 g/mol. The lowest BCUT2D eigenvalue weighted by molar-refractivity contribution is -0.125. The molecule has 7 nitrogen and oxygen atoms in total. The quantitative estimate of drug-likeness (QED) is 0.456. The van der Waals surface area contributed by atoms with E-state index in [9.17, 15) is 4.79 Å². The molecule has 5 rings (SSSR count). The summed E-state index contributed by atoms with van der Waals surface area (Å²) in [5, 5.41) is 6.82. The van der Waals surface area contributed by atoms with Gasteiger partial charge in [-0.05, 0) is 53.8 Å². The van der Waals surface area contributed by atoms with Crippen molar-refractivity contribution in [1.82, 2.24) is 15.5 Å². The van der Waals surface area contributed by atoms with Gasteiger partial charge in [0.2, 0.25) is 12.7 Å². The lowest BCUT2D eigenvalue weighted by atomic mass is 10.1. The van der Waals surface area contributed by atoms with Gasteiger partial charge in [-0.1, -0.05) is 48.5 Å². The van der Waals surface area contributed by atoms with E-state index in [1.54, 1.807) is 7.11 Å². The van der Waals surface area contributed by atoms with Crippen molar-refractivity contribution in [2.24, 2.45) is 0 Å². The Morgan fingerprint density at radius 3 is 2.56 bits per heavy atom. The molecule has 1 amide bonds. The first-order chi connectivity index (χ1) is 17.7. The molecule has 0 aromatic heterocycles. The lowest BCUT2D eigenvalue weighted by Gasteiger charge is -2.23. The fourth-order valence-corrected chi connectivity index (χ4v) is 4.87. The second-order valence-corrected chi connectivity index (χ2v) is 9.32. The molecule has 188 valence electrons. The molecular formula is C29H33N3O4. The summed E-state index contributed by atoms with van der Waals surface area (Å²) in [5.74, 6) is 2.47. The number of likely N-dealkylation sites (tertiary alicyclic amines) is 1. The van der Waals surface area contributed by atoms with Crippen LogP contribution in [0.4, 0.5) is 0 Å². The van der Waals surface area contributed by atoms with Gasteiger partial charge in [-0.3, -0.25) is 9.69 Å². The van der Waals surface area contributed by atoms with E-state index in [1.807, 2.05) is 42.5 Å². The lowest BCUT2D eigenvalue weighted by Crippen LogP contribution is -2.43. The number of nitrogens with zero attached hydrogens (tertiary/aromatic N) is 1. The van der Waals surface area contributed by atoms with Crippen molar-refractivity contribution in [2.45, 2.75) is 38.0 Å². The molecule has 3 aromatic rings. The number of hydrogen-bond acceptors (Lipinski definition) is 6. The average molecular weight is 488 g/mol. The van der Waals surface area contributed by atoms with Crippen LogP contribution in [0.3, 0.4) is 0 Å². The Balaban J connectivity index is 1.22. The van der Waals surface area contributed by atoms with Crippen molar-refractivity contribution in [1.29, 1.82) is 0 Å². The molecule has 7 heteroatoms. The van der Waals surface area contributed by atoms with Crippen molar-refractivity contribution in [3.63, 3.8) is 0 Å². The topological polar surface area (TPSA) is 72.1 Å². The maximum absolute atomic E-state index is 13.3. The normalized spacial score (nSPS) is 18.8. The van der Waals surface area contributed by atoms with Gasteiger partial charge in [0.25, 0.3) is 0 Å². The van der Waals surface area contributed by atoms with Gasteiger partial charge < -0.3 is 24.8 Å². The molecule has 36 heavy (non-hydrogen) atoms. The fraction of sp³-hybridized carbons (Fsp3) is 0.345. The van der Waals surface area contributed by atoms with Crippen molar-refractivity contribution in [2.75, 3.05) is 27.0 Å². The zero-order chi connectivity index (χ0) is 24.7. The van der Waals surface area contributed by atoms with Gasteiger partial charge in [-0.2, -0.15) is 0 Å². The third-order valence-electron chi connectivity index (χ3n) is 6.84. The maximum atomic E-state index is 13.3. The van der Waals surface area contributed by atoms with E-state index < -0.39 is 0 Å². The summed E-state index contributed by atoms with van der Waals surface area (Å²) in [5.41, 5.74) is 3.52. The molecule has 0 unspecified atom stereocenters. The first-order valence-electron chi connectivity index (χ1n) is 12.5. The van der Waals surface area contributed by atoms with Gasteiger partial charge in [-0.15, -0.1) is 0 Å². The Kier molecular flexibility index (Phi) is 7.69. The molecule has 0 radical (unpaired) electrons. The van der Waals surface area contributed by atoms with Crippen LogP contribution in [-0.2, 0) is 24.3 Å². The summed E-state index contributed by atoms with van der Waals surface area (Å²) in [6.07, 6.45) is 1.58. The van der Waals surface area contributed by atoms with Crippen LogP contribution in [0.5, 0.6) is 17.2 Å². The first-order valence-corrected chi connectivity index (χ1v) is 12.5. The summed E-state index contributed by atoms with van der Waals surface area (Å²) in [7, 11) is 1.67. The zero-order valence-corrected chi connectivity index (χ0v) is 20.6. The predicted molar refractivity (Wildman–Crippen MR) is 138 cm³/mol. The molecule has 2 aliphatic heterocycles. The van der Waals surface area contributed by atoms with E-state index in [0.29, 0.717) is 13.1 Å². The molecule has 2 aliphatic rings. The number of carbonyl (C=O) groups is 1. The highest BCUT2D eigenvalue weighted by atomic mass is 16.7. The standard InChI is InChI=1S/C29H33N3O4/c1-34-25-10-7-22(8-11-25)17-31-24-16-26(29(33)30-14-13-21-5-3-2-4-6-21)32(19-24)18-23-9-12-27-28(15-23)36-20-35-27/h2-12,15,24,26,31H,13-14,16-20H2,1H3,(H,30,33)/t24-,26-/m0/s1. The van der Waals surface area contributed by atoms with Gasteiger partial charge in [-0.25, -0.2) is 0 Å². The number of methoxy groups -OCH3 is 1. The van der Waals surface area contributed by atoms with Crippen LogP contribution < -0.4 is 24.8 Å². The SMILES string of the molecule is COc1ccc(CN[C@H]2C[C@@H](C(=O)NCCc3ccccc3)N(Cc3ccc4c(c3)OCO4)C2)cc1. The molecule has 0 bridgehead atoms. The number of nitrogens with one attached hydrogen (secondary N) is 2. The van der Waals surface area contributed by atoms with E-state index in [1.165, 1.54) is 11.1 Å². The smallest absolute Gasteiger partial charge is 0.237 e. The second-order valence-electron chi connectivity index (χ2n) is 9.32. The Morgan fingerprint density at radius 1 is 0.972 bits per heavy atom. The molecule has 2 atom stereocenters. The number of amides is 1. The van der Waals surface area contributed by atoms with E-state index in [0.717, 1.165) is 48.7 Å². The molecule has 0 saturated carbocycles. The van der Waals surface area contributed by atoms with E-state index in [4.69, 9.17) is 14.2 Å². The number of benzene rings is 3. The Labute approximate surface area is 212 Å². The highest BCUT2D eigenvalue weighted by molar-refractivity contribution is 5.82. The molecule has 2 heterocycles. The van der Waals surface area contributed by atoms with Crippen LogP contribution >= 0.6 is 0 Å². The van der Waals surface area contributed by atoms with Crippen LogP contribution in [-0.4, -0.2) is 49.9 Å². The average Bonchev–Trinajstić information content (AvgIpc) is 3.55. The zero-order valence-electron chi connectivity index (χ0n) is 20.6. The Bertz CT molecular complexity index is 1150. The van der Waals surface area contributed by atoms with Crippen molar-refractivity contribution < 1.29 is 19.0 Å². The highest BCUT2D eigenvalue weighted by Crippen LogP contribution is 2.33. The van der Waals surface area contributed by atoms with Gasteiger partial charge in [0.15, 0.2) is 11.5 Å². The predicted octanol–water partition coefficient (Wildman–Crippen LogP) is 3.52. The van der Waals surface area contributed by atoms with Crippen LogP contribution in [0.1, 0.15) is 23.1 Å². The summed E-state index contributed by atoms with van der Waals surface area (Å²) >= 11 is 0. The highest BCUT2D eigenvalue weighted by Gasteiger charge is 2.36. The minimum absolute atomic E-state index is 0.0837. The maximum Gasteiger partial charge on any atom is 0.237 e. The Morgan fingerprint density at radius 2 is 1.75 bits per heavy atom. The van der Waals surface area contributed by atoms with E-state index in [-0.39, 0.29) is 24.8 Å². The van der Waals surface area contributed by atoms with Gasteiger partial charge in [0, 0.05) is 32.2 Å². The molecule has 2 N–H and O–H groups in total. The van der Waals surface area contributed by atoms with Crippen molar-refractivity contribution >= 4 is 5.91 Å². The third-order valence-corrected chi connectivity index (χ3v) is 6.84. The summed E-state index contributed by atoms with van der Waals surface area (Å²) in [6.45, 7) is 3.10. The number of hydrogen-bond donors (Lipinski definition) is 2. The minimum Gasteiger partial charge on any atom is -0.497 e. The summed E-state index contributed by atoms with van der Waals surface area (Å²) in [4.78, 5) is 15.5. The third kappa shape index (κ3) is 5.98. The van der Waals surface area contributed by atoms with Gasteiger partial charge in [0.1, 0.15) is 5.75 Å². The van der Waals surface area contributed by atoms with E-state index in [2.05, 4.69) is 45.9 Å². The van der Waals surface area contributed by atoms with Crippen LogP contribution in [0.2, 0.25) is 0 Å². The van der Waals surface area contributed by atoms with Crippen molar-refractivity contribution in [3.8, 4) is 17.2 Å². The molecule has 3 aromatic carbocycles. The molecule has 0 spiro atoms. The second kappa shape index (κ2) is 11.5. The summed E-state index contributed by atoms with van der Waals surface area (Å²) < 4.78 is 16.3.